The SMILES string of the molecule is COc1ccc(C(=O)[C@@H](CCCO)[C@H]2CCOC(C)(C)C2)cc1. The van der Waals surface area contributed by atoms with Gasteiger partial charge in [0.2, 0.25) is 0 Å². The predicted octanol–water partition coefficient (Wildman–Crippen LogP) is 3.47. The molecule has 0 aliphatic carbocycles. The third-order valence-electron chi connectivity index (χ3n) is 4.69. The number of carbonyl (C=O) groups is 1. The van der Waals surface area contributed by atoms with Crippen LogP contribution in [0, 0.1) is 11.8 Å². The van der Waals surface area contributed by atoms with E-state index in [9.17, 15) is 9.90 Å². The Morgan fingerprint density at radius 3 is 2.65 bits per heavy atom. The summed E-state index contributed by atoms with van der Waals surface area (Å²) in [7, 11) is 1.62. The Labute approximate surface area is 138 Å². The van der Waals surface area contributed by atoms with Crippen molar-refractivity contribution in [2.24, 2.45) is 11.8 Å². The molecule has 1 aliphatic rings. The molecular formula is C19H28O4. The number of hydrogen-bond donors (Lipinski definition) is 1. The lowest BCUT2D eigenvalue weighted by atomic mass is 9.74. The highest BCUT2D eigenvalue weighted by Crippen LogP contribution is 2.37. The van der Waals surface area contributed by atoms with Gasteiger partial charge < -0.3 is 14.6 Å². The number of aliphatic hydroxyl groups is 1. The molecule has 0 radical (unpaired) electrons. The maximum atomic E-state index is 13.0. The number of rotatable bonds is 7. The number of benzene rings is 1. The van der Waals surface area contributed by atoms with Gasteiger partial charge in [0.1, 0.15) is 5.75 Å². The molecule has 2 atom stereocenters. The van der Waals surface area contributed by atoms with Crippen LogP contribution in [-0.2, 0) is 4.74 Å². The van der Waals surface area contributed by atoms with Gasteiger partial charge in [-0.2, -0.15) is 0 Å². The topological polar surface area (TPSA) is 55.8 Å². The van der Waals surface area contributed by atoms with Crippen molar-refractivity contribution in [1.82, 2.24) is 0 Å². The van der Waals surface area contributed by atoms with Gasteiger partial charge in [-0.25, -0.2) is 0 Å². The first-order chi connectivity index (χ1) is 11.0. The minimum atomic E-state index is -0.180. The smallest absolute Gasteiger partial charge is 0.166 e. The maximum Gasteiger partial charge on any atom is 0.166 e. The number of methoxy groups -OCH3 is 1. The van der Waals surface area contributed by atoms with Gasteiger partial charge in [0.05, 0.1) is 12.7 Å². The Bertz CT molecular complexity index is 507. The highest BCUT2D eigenvalue weighted by atomic mass is 16.5. The second kappa shape index (κ2) is 7.93. The van der Waals surface area contributed by atoms with Crippen LogP contribution in [0.1, 0.15) is 49.9 Å². The van der Waals surface area contributed by atoms with E-state index in [0.717, 1.165) is 30.6 Å². The zero-order chi connectivity index (χ0) is 16.9. The lowest BCUT2D eigenvalue weighted by Gasteiger charge is -2.38. The lowest BCUT2D eigenvalue weighted by Crippen LogP contribution is -2.39. The van der Waals surface area contributed by atoms with E-state index in [-0.39, 0.29) is 23.9 Å². The number of ketones is 1. The molecule has 1 heterocycles. The quantitative estimate of drug-likeness (QED) is 0.782. The van der Waals surface area contributed by atoms with E-state index < -0.39 is 0 Å². The first kappa shape index (κ1) is 18.0. The van der Waals surface area contributed by atoms with Crippen molar-refractivity contribution < 1.29 is 19.4 Å². The van der Waals surface area contributed by atoms with Crippen molar-refractivity contribution in [3.8, 4) is 5.75 Å². The molecule has 0 amide bonds. The molecule has 1 N–H and O–H groups in total. The highest BCUT2D eigenvalue weighted by molar-refractivity contribution is 5.98. The second-order valence-corrected chi connectivity index (χ2v) is 6.93. The van der Waals surface area contributed by atoms with Crippen LogP contribution in [0.5, 0.6) is 5.75 Å². The predicted molar refractivity (Wildman–Crippen MR) is 89.9 cm³/mol. The normalized spacial score (nSPS) is 21.7. The van der Waals surface area contributed by atoms with E-state index in [0.29, 0.717) is 18.9 Å². The van der Waals surface area contributed by atoms with Gasteiger partial charge in [0.25, 0.3) is 0 Å². The molecule has 128 valence electrons. The van der Waals surface area contributed by atoms with Crippen LogP contribution in [0.3, 0.4) is 0 Å². The third kappa shape index (κ3) is 4.79. The summed E-state index contributed by atoms with van der Waals surface area (Å²) in [5, 5.41) is 9.18. The van der Waals surface area contributed by atoms with Crippen LogP contribution in [0.15, 0.2) is 24.3 Å². The van der Waals surface area contributed by atoms with Crippen LogP contribution < -0.4 is 4.74 Å². The monoisotopic (exact) mass is 320 g/mol. The fourth-order valence-corrected chi connectivity index (χ4v) is 3.48. The van der Waals surface area contributed by atoms with Gasteiger partial charge in [-0.1, -0.05) is 0 Å². The molecule has 0 spiro atoms. The summed E-state index contributed by atoms with van der Waals surface area (Å²) >= 11 is 0. The number of ether oxygens (including phenoxy) is 2. The molecule has 1 aromatic carbocycles. The Morgan fingerprint density at radius 2 is 2.09 bits per heavy atom. The molecular weight excluding hydrogens is 292 g/mol. The number of Topliss-reactive ketones (excluding diaryl/α,β-unsaturated/α-hetero) is 1. The molecule has 4 nitrogen and oxygen atoms in total. The van der Waals surface area contributed by atoms with Crippen LogP contribution >= 0.6 is 0 Å². The summed E-state index contributed by atoms with van der Waals surface area (Å²) in [4.78, 5) is 13.0. The second-order valence-electron chi connectivity index (χ2n) is 6.93. The van der Waals surface area contributed by atoms with Crippen LogP contribution in [-0.4, -0.2) is 36.8 Å². The van der Waals surface area contributed by atoms with Gasteiger partial charge in [0, 0.05) is 24.7 Å². The molecule has 1 aromatic rings. The molecule has 0 bridgehead atoms. The minimum Gasteiger partial charge on any atom is -0.497 e. The fourth-order valence-electron chi connectivity index (χ4n) is 3.48. The first-order valence-corrected chi connectivity index (χ1v) is 8.40. The van der Waals surface area contributed by atoms with E-state index >= 15 is 0 Å². The van der Waals surface area contributed by atoms with Crippen LogP contribution in [0.2, 0.25) is 0 Å². The van der Waals surface area contributed by atoms with Crippen molar-refractivity contribution in [3.05, 3.63) is 29.8 Å². The maximum absolute atomic E-state index is 13.0. The molecule has 0 aromatic heterocycles. The summed E-state index contributed by atoms with van der Waals surface area (Å²) in [6, 6.07) is 7.31. The number of aliphatic hydroxyl groups excluding tert-OH is 1. The van der Waals surface area contributed by atoms with E-state index in [1.165, 1.54) is 0 Å². The molecule has 1 saturated heterocycles. The van der Waals surface area contributed by atoms with Crippen LogP contribution in [0.4, 0.5) is 0 Å². The van der Waals surface area contributed by atoms with Crippen molar-refractivity contribution in [2.75, 3.05) is 20.3 Å². The van der Waals surface area contributed by atoms with Gasteiger partial charge in [-0.15, -0.1) is 0 Å². The zero-order valence-corrected chi connectivity index (χ0v) is 14.4. The van der Waals surface area contributed by atoms with Gasteiger partial charge >= 0.3 is 0 Å². The molecule has 1 aliphatic heterocycles. The fraction of sp³-hybridized carbons (Fsp3) is 0.632. The molecule has 0 saturated carbocycles. The van der Waals surface area contributed by atoms with Gasteiger partial charge in [-0.3, -0.25) is 4.79 Å². The number of hydrogen-bond acceptors (Lipinski definition) is 4. The molecule has 2 rings (SSSR count). The highest BCUT2D eigenvalue weighted by Gasteiger charge is 2.36. The first-order valence-electron chi connectivity index (χ1n) is 8.40. The zero-order valence-electron chi connectivity index (χ0n) is 14.4. The average molecular weight is 320 g/mol. The summed E-state index contributed by atoms with van der Waals surface area (Å²) in [5.74, 6) is 1.17. The standard InChI is InChI=1S/C19H28O4/c1-19(2)13-15(10-12-23-19)17(5-4-11-20)18(21)14-6-8-16(22-3)9-7-14/h6-9,15,17,20H,4-5,10-13H2,1-3H3/t15-,17-/m0/s1. The largest absolute Gasteiger partial charge is 0.497 e. The molecule has 0 unspecified atom stereocenters. The summed E-state index contributed by atoms with van der Waals surface area (Å²) in [6.07, 6.45) is 3.17. The van der Waals surface area contributed by atoms with Crippen molar-refractivity contribution in [1.29, 1.82) is 0 Å². The Balaban J connectivity index is 2.17. The molecule has 1 fully saturated rings. The number of carbonyl (C=O) groups excluding carboxylic acids is 1. The van der Waals surface area contributed by atoms with Gasteiger partial charge in [-0.05, 0) is 69.7 Å². The third-order valence-corrected chi connectivity index (χ3v) is 4.69. The van der Waals surface area contributed by atoms with Crippen molar-refractivity contribution in [2.45, 2.75) is 45.1 Å². The Morgan fingerprint density at radius 1 is 1.39 bits per heavy atom. The average Bonchev–Trinajstić information content (AvgIpc) is 2.54. The van der Waals surface area contributed by atoms with Crippen molar-refractivity contribution in [3.63, 3.8) is 0 Å². The minimum absolute atomic E-state index is 0.0567. The summed E-state index contributed by atoms with van der Waals surface area (Å²) in [6.45, 7) is 4.99. The van der Waals surface area contributed by atoms with E-state index in [4.69, 9.17) is 9.47 Å². The lowest BCUT2D eigenvalue weighted by molar-refractivity contribution is -0.0803. The van der Waals surface area contributed by atoms with E-state index in [2.05, 4.69) is 13.8 Å². The van der Waals surface area contributed by atoms with Crippen LogP contribution in [0.25, 0.3) is 0 Å². The molecule has 4 heteroatoms. The van der Waals surface area contributed by atoms with E-state index in [1.54, 1.807) is 7.11 Å². The Kier molecular flexibility index (Phi) is 6.19. The van der Waals surface area contributed by atoms with Crippen molar-refractivity contribution >= 4 is 5.78 Å². The van der Waals surface area contributed by atoms with Gasteiger partial charge in [0.15, 0.2) is 5.78 Å². The molecule has 23 heavy (non-hydrogen) atoms. The van der Waals surface area contributed by atoms with E-state index in [1.807, 2.05) is 24.3 Å². The summed E-state index contributed by atoms with van der Waals surface area (Å²) in [5.41, 5.74) is 0.540. The Hall–Kier alpha value is -1.39. The summed E-state index contributed by atoms with van der Waals surface area (Å²) < 4.78 is 10.9.